The third kappa shape index (κ3) is 5.27. The molecule has 8 nitrogen and oxygen atoms in total. The molecular formula is C19H26N4O4. The lowest BCUT2D eigenvalue weighted by atomic mass is 10.1. The predicted molar refractivity (Wildman–Crippen MR) is 98.8 cm³/mol. The lowest BCUT2D eigenvalue weighted by molar-refractivity contribution is -0.00463. The maximum absolute atomic E-state index is 12.8. The molecule has 0 radical (unpaired) electrons. The summed E-state index contributed by atoms with van der Waals surface area (Å²) in [5, 5.41) is 7.42. The molecule has 8 heteroatoms. The molecule has 27 heavy (non-hydrogen) atoms. The summed E-state index contributed by atoms with van der Waals surface area (Å²) in [5.41, 5.74) is 1.30. The Bertz CT molecular complexity index is 735. The van der Waals surface area contributed by atoms with E-state index in [1.54, 1.807) is 23.0 Å². The second kappa shape index (κ2) is 9.48. The number of aryl methyl sites for hydroxylation is 1. The van der Waals surface area contributed by atoms with E-state index in [9.17, 15) is 4.79 Å². The SMILES string of the molecule is CCOCCn1nc(C)cc1C(=O)N[C@@H]1COCC[C@H]1Oc1ccccn1. The van der Waals surface area contributed by atoms with Crippen LogP contribution in [0.2, 0.25) is 0 Å². The highest BCUT2D eigenvalue weighted by molar-refractivity contribution is 5.93. The van der Waals surface area contributed by atoms with Gasteiger partial charge in [-0.3, -0.25) is 9.48 Å². The van der Waals surface area contributed by atoms with E-state index in [1.165, 1.54) is 0 Å². The van der Waals surface area contributed by atoms with Crippen molar-refractivity contribution in [3.05, 3.63) is 41.9 Å². The highest BCUT2D eigenvalue weighted by Gasteiger charge is 2.30. The second-order valence-electron chi connectivity index (χ2n) is 6.36. The molecule has 0 unspecified atom stereocenters. The minimum atomic E-state index is -0.260. The molecule has 0 aliphatic carbocycles. The molecule has 2 atom stereocenters. The number of nitrogens with one attached hydrogen (secondary N) is 1. The standard InChI is InChI=1S/C19H26N4O4/c1-3-25-11-9-23-16(12-14(2)22-23)19(24)21-15-13-26-10-7-17(15)27-18-6-4-5-8-20-18/h4-6,8,12,15,17H,3,7,9-11,13H2,1-2H3,(H,21,24)/t15-,17-/m1/s1. The van der Waals surface area contributed by atoms with Crippen LogP contribution >= 0.6 is 0 Å². The minimum absolute atomic E-state index is 0.196. The molecule has 1 aliphatic rings. The third-order valence-electron chi connectivity index (χ3n) is 4.31. The maximum atomic E-state index is 12.8. The Labute approximate surface area is 158 Å². The lowest BCUT2D eigenvalue weighted by Crippen LogP contribution is -2.52. The third-order valence-corrected chi connectivity index (χ3v) is 4.31. The molecule has 1 saturated heterocycles. The number of carbonyl (C=O) groups excluding carboxylic acids is 1. The lowest BCUT2D eigenvalue weighted by Gasteiger charge is -2.32. The highest BCUT2D eigenvalue weighted by atomic mass is 16.5. The molecule has 2 aromatic heterocycles. The van der Waals surface area contributed by atoms with Crippen molar-refractivity contribution in [2.45, 2.75) is 39.0 Å². The molecule has 146 valence electrons. The predicted octanol–water partition coefficient (Wildman–Crippen LogP) is 1.59. The number of pyridine rings is 1. The zero-order valence-electron chi connectivity index (χ0n) is 15.8. The Hall–Kier alpha value is -2.45. The van der Waals surface area contributed by atoms with Crippen molar-refractivity contribution in [3.63, 3.8) is 0 Å². The summed E-state index contributed by atoms with van der Waals surface area (Å²) >= 11 is 0. The van der Waals surface area contributed by atoms with Gasteiger partial charge in [0.05, 0.1) is 38.1 Å². The van der Waals surface area contributed by atoms with E-state index in [0.29, 0.717) is 51.0 Å². The second-order valence-corrected chi connectivity index (χ2v) is 6.36. The minimum Gasteiger partial charge on any atom is -0.472 e. The van der Waals surface area contributed by atoms with Crippen LogP contribution in [0, 0.1) is 6.92 Å². The summed E-state index contributed by atoms with van der Waals surface area (Å²) in [7, 11) is 0. The van der Waals surface area contributed by atoms with E-state index in [1.807, 2.05) is 26.0 Å². The normalized spacial score (nSPS) is 19.6. The van der Waals surface area contributed by atoms with E-state index in [-0.39, 0.29) is 18.1 Å². The maximum Gasteiger partial charge on any atom is 0.269 e. The summed E-state index contributed by atoms with van der Waals surface area (Å²) < 4.78 is 18.6. The number of rotatable bonds is 8. The molecule has 3 rings (SSSR count). The number of aromatic nitrogens is 3. The molecule has 1 aliphatic heterocycles. The van der Waals surface area contributed by atoms with E-state index < -0.39 is 0 Å². The van der Waals surface area contributed by atoms with Gasteiger partial charge in [0, 0.05) is 25.3 Å². The average molecular weight is 374 g/mol. The number of ether oxygens (including phenoxy) is 3. The zero-order valence-corrected chi connectivity index (χ0v) is 15.8. The molecule has 1 amide bonds. The van der Waals surface area contributed by atoms with Gasteiger partial charge >= 0.3 is 0 Å². The van der Waals surface area contributed by atoms with Crippen LogP contribution in [0.25, 0.3) is 0 Å². The number of hydrogen-bond donors (Lipinski definition) is 1. The molecule has 2 aromatic rings. The summed E-state index contributed by atoms with van der Waals surface area (Å²) in [6, 6.07) is 7.03. The van der Waals surface area contributed by atoms with Crippen molar-refractivity contribution in [2.75, 3.05) is 26.4 Å². The van der Waals surface area contributed by atoms with Crippen LogP contribution in [0.5, 0.6) is 5.88 Å². The first-order valence-corrected chi connectivity index (χ1v) is 9.26. The van der Waals surface area contributed by atoms with Gasteiger partial charge in [-0.25, -0.2) is 4.98 Å². The Morgan fingerprint density at radius 1 is 1.44 bits per heavy atom. The van der Waals surface area contributed by atoms with Crippen molar-refractivity contribution in [2.24, 2.45) is 0 Å². The van der Waals surface area contributed by atoms with Gasteiger partial charge in [0.25, 0.3) is 5.91 Å². The van der Waals surface area contributed by atoms with Crippen molar-refractivity contribution >= 4 is 5.91 Å². The summed E-state index contributed by atoms with van der Waals surface area (Å²) in [5.74, 6) is 0.346. The molecule has 1 N–H and O–H groups in total. The van der Waals surface area contributed by atoms with E-state index in [0.717, 1.165) is 5.69 Å². The Balaban J connectivity index is 1.66. The summed E-state index contributed by atoms with van der Waals surface area (Å²) in [6.07, 6.45) is 2.17. The van der Waals surface area contributed by atoms with Crippen molar-refractivity contribution in [1.82, 2.24) is 20.1 Å². The number of carbonyl (C=O) groups is 1. The van der Waals surface area contributed by atoms with Crippen molar-refractivity contribution in [3.8, 4) is 5.88 Å². The van der Waals surface area contributed by atoms with Gasteiger partial charge in [0.1, 0.15) is 11.8 Å². The number of amides is 1. The molecule has 3 heterocycles. The Morgan fingerprint density at radius 3 is 3.11 bits per heavy atom. The number of hydrogen-bond acceptors (Lipinski definition) is 6. The van der Waals surface area contributed by atoms with Crippen molar-refractivity contribution in [1.29, 1.82) is 0 Å². The van der Waals surface area contributed by atoms with Gasteiger partial charge in [-0.1, -0.05) is 6.07 Å². The summed E-state index contributed by atoms with van der Waals surface area (Å²) in [4.78, 5) is 17.0. The van der Waals surface area contributed by atoms with Crippen LogP contribution in [0.4, 0.5) is 0 Å². The monoisotopic (exact) mass is 374 g/mol. The molecule has 0 bridgehead atoms. The molecule has 0 saturated carbocycles. The molecular weight excluding hydrogens is 348 g/mol. The van der Waals surface area contributed by atoms with E-state index in [4.69, 9.17) is 14.2 Å². The van der Waals surface area contributed by atoms with Crippen LogP contribution in [-0.2, 0) is 16.0 Å². The van der Waals surface area contributed by atoms with Gasteiger partial charge in [0.15, 0.2) is 0 Å². The van der Waals surface area contributed by atoms with Crippen molar-refractivity contribution < 1.29 is 19.0 Å². The van der Waals surface area contributed by atoms with Gasteiger partial charge in [0.2, 0.25) is 5.88 Å². The van der Waals surface area contributed by atoms with Crippen LogP contribution in [0.1, 0.15) is 29.5 Å². The first-order valence-electron chi connectivity index (χ1n) is 9.26. The topological polar surface area (TPSA) is 87.5 Å². The smallest absolute Gasteiger partial charge is 0.269 e. The molecule has 1 fully saturated rings. The zero-order chi connectivity index (χ0) is 19.1. The fraction of sp³-hybridized carbons (Fsp3) is 0.526. The molecule has 0 spiro atoms. The van der Waals surface area contributed by atoms with Gasteiger partial charge in [-0.05, 0) is 26.0 Å². The average Bonchev–Trinajstić information content (AvgIpc) is 3.05. The van der Waals surface area contributed by atoms with Crippen LogP contribution < -0.4 is 10.1 Å². The Kier molecular flexibility index (Phi) is 6.78. The van der Waals surface area contributed by atoms with Crippen LogP contribution in [0.3, 0.4) is 0 Å². The van der Waals surface area contributed by atoms with Crippen LogP contribution in [0.15, 0.2) is 30.5 Å². The quantitative estimate of drug-likeness (QED) is 0.706. The first kappa shape index (κ1) is 19.3. The fourth-order valence-corrected chi connectivity index (χ4v) is 3.00. The largest absolute Gasteiger partial charge is 0.472 e. The van der Waals surface area contributed by atoms with Gasteiger partial charge in [-0.15, -0.1) is 0 Å². The highest BCUT2D eigenvalue weighted by Crippen LogP contribution is 2.16. The number of nitrogens with zero attached hydrogens (tertiary/aromatic N) is 3. The Morgan fingerprint density at radius 2 is 2.33 bits per heavy atom. The fourth-order valence-electron chi connectivity index (χ4n) is 3.00. The van der Waals surface area contributed by atoms with Gasteiger partial charge < -0.3 is 19.5 Å². The van der Waals surface area contributed by atoms with E-state index >= 15 is 0 Å². The van der Waals surface area contributed by atoms with Gasteiger partial charge in [-0.2, -0.15) is 5.10 Å². The van der Waals surface area contributed by atoms with Crippen LogP contribution in [-0.4, -0.2) is 59.2 Å². The molecule has 0 aromatic carbocycles. The van der Waals surface area contributed by atoms with E-state index in [2.05, 4.69) is 15.4 Å². The summed E-state index contributed by atoms with van der Waals surface area (Å²) in [6.45, 7) is 6.46. The first-order chi connectivity index (χ1) is 13.2.